The second-order valence-corrected chi connectivity index (χ2v) is 5.59. The number of hydrogen-bond donors (Lipinski definition) is 1. The van der Waals surface area contributed by atoms with Gasteiger partial charge in [0, 0.05) is 13.7 Å². The fraction of sp³-hybridized carbons (Fsp3) is 0.867. The summed E-state index contributed by atoms with van der Waals surface area (Å²) < 4.78 is 5.27. The number of piperazine rings is 1. The number of methoxy groups -OCH3 is 1. The standard InChI is InChI=1S/C15H28N2O3/c1-6-9-12-13(18)16-15(7-2,8-3)14(19)17(12)10-11(4)20-5/h11-12H,6-10H2,1-5H3,(H,16,18). The van der Waals surface area contributed by atoms with Crippen LogP contribution in [0.5, 0.6) is 0 Å². The maximum absolute atomic E-state index is 12.8. The van der Waals surface area contributed by atoms with Crippen molar-refractivity contribution >= 4 is 11.8 Å². The molecular weight excluding hydrogens is 256 g/mol. The van der Waals surface area contributed by atoms with Crippen molar-refractivity contribution in [1.29, 1.82) is 0 Å². The van der Waals surface area contributed by atoms with Gasteiger partial charge in [0.2, 0.25) is 11.8 Å². The minimum absolute atomic E-state index is 0.0292. The molecule has 2 atom stereocenters. The van der Waals surface area contributed by atoms with Crippen molar-refractivity contribution < 1.29 is 14.3 Å². The van der Waals surface area contributed by atoms with Crippen molar-refractivity contribution in [3.05, 3.63) is 0 Å². The molecule has 1 aliphatic rings. The molecule has 1 fully saturated rings. The first-order valence-electron chi connectivity index (χ1n) is 7.61. The van der Waals surface area contributed by atoms with E-state index < -0.39 is 5.54 Å². The largest absolute Gasteiger partial charge is 0.380 e. The third kappa shape index (κ3) is 3.14. The van der Waals surface area contributed by atoms with E-state index in [9.17, 15) is 9.59 Å². The predicted molar refractivity (Wildman–Crippen MR) is 78.3 cm³/mol. The van der Waals surface area contributed by atoms with Gasteiger partial charge in [-0.15, -0.1) is 0 Å². The van der Waals surface area contributed by atoms with Crippen molar-refractivity contribution in [2.45, 2.75) is 71.1 Å². The van der Waals surface area contributed by atoms with Crippen LogP contribution in [0.15, 0.2) is 0 Å². The lowest BCUT2D eigenvalue weighted by molar-refractivity contribution is -0.157. The smallest absolute Gasteiger partial charge is 0.249 e. The Hall–Kier alpha value is -1.10. The summed E-state index contributed by atoms with van der Waals surface area (Å²) in [5, 5.41) is 2.96. The highest BCUT2D eigenvalue weighted by Crippen LogP contribution is 2.27. The van der Waals surface area contributed by atoms with Crippen LogP contribution >= 0.6 is 0 Å². The molecule has 1 rings (SSSR count). The van der Waals surface area contributed by atoms with Crippen LogP contribution in [0.2, 0.25) is 0 Å². The summed E-state index contributed by atoms with van der Waals surface area (Å²) in [7, 11) is 1.63. The van der Waals surface area contributed by atoms with Gasteiger partial charge in [0.05, 0.1) is 6.10 Å². The van der Waals surface area contributed by atoms with Crippen LogP contribution < -0.4 is 5.32 Å². The molecule has 20 heavy (non-hydrogen) atoms. The summed E-state index contributed by atoms with van der Waals surface area (Å²) in [4.78, 5) is 27.0. The lowest BCUT2D eigenvalue weighted by Crippen LogP contribution is -2.70. The molecule has 0 radical (unpaired) electrons. The topological polar surface area (TPSA) is 58.6 Å². The van der Waals surface area contributed by atoms with Gasteiger partial charge in [0.1, 0.15) is 11.6 Å². The van der Waals surface area contributed by atoms with Gasteiger partial charge in [-0.3, -0.25) is 9.59 Å². The molecule has 2 unspecified atom stereocenters. The Morgan fingerprint density at radius 2 is 1.90 bits per heavy atom. The van der Waals surface area contributed by atoms with Gasteiger partial charge in [-0.05, 0) is 26.2 Å². The average molecular weight is 284 g/mol. The highest BCUT2D eigenvalue weighted by Gasteiger charge is 2.48. The summed E-state index contributed by atoms with van der Waals surface area (Å²) in [5.74, 6) is 0.00269. The quantitative estimate of drug-likeness (QED) is 0.774. The van der Waals surface area contributed by atoms with Crippen molar-refractivity contribution in [3.63, 3.8) is 0 Å². The zero-order chi connectivity index (χ0) is 15.3. The van der Waals surface area contributed by atoms with E-state index in [0.717, 1.165) is 6.42 Å². The fourth-order valence-electron chi connectivity index (χ4n) is 2.78. The second kappa shape index (κ2) is 7.07. The van der Waals surface area contributed by atoms with Crippen molar-refractivity contribution in [2.75, 3.05) is 13.7 Å². The number of nitrogens with zero attached hydrogens (tertiary/aromatic N) is 1. The number of rotatable bonds is 7. The Kier molecular flexibility index (Phi) is 5.99. The zero-order valence-electron chi connectivity index (χ0n) is 13.4. The van der Waals surface area contributed by atoms with Gasteiger partial charge < -0.3 is 15.0 Å². The minimum Gasteiger partial charge on any atom is -0.380 e. The maximum atomic E-state index is 12.8. The lowest BCUT2D eigenvalue weighted by Gasteiger charge is -2.46. The number of nitrogens with one attached hydrogen (secondary N) is 1. The highest BCUT2D eigenvalue weighted by molar-refractivity contribution is 5.99. The summed E-state index contributed by atoms with van der Waals surface area (Å²) in [6, 6.07) is -0.365. The van der Waals surface area contributed by atoms with Gasteiger partial charge in [-0.25, -0.2) is 0 Å². The molecule has 5 heteroatoms. The van der Waals surface area contributed by atoms with E-state index in [1.165, 1.54) is 0 Å². The highest BCUT2D eigenvalue weighted by atomic mass is 16.5. The molecule has 0 saturated carbocycles. The van der Waals surface area contributed by atoms with E-state index in [4.69, 9.17) is 4.74 Å². The van der Waals surface area contributed by atoms with Crippen LogP contribution in [-0.4, -0.2) is 48.1 Å². The number of carbonyl (C=O) groups is 2. The number of amides is 2. The Morgan fingerprint density at radius 3 is 2.35 bits per heavy atom. The van der Waals surface area contributed by atoms with E-state index in [1.807, 2.05) is 27.7 Å². The molecule has 5 nitrogen and oxygen atoms in total. The molecular formula is C15H28N2O3. The Balaban J connectivity index is 3.06. The van der Waals surface area contributed by atoms with Gasteiger partial charge in [0.25, 0.3) is 0 Å². The van der Waals surface area contributed by atoms with Crippen molar-refractivity contribution in [3.8, 4) is 0 Å². The fourth-order valence-corrected chi connectivity index (χ4v) is 2.78. The van der Waals surface area contributed by atoms with E-state index in [1.54, 1.807) is 12.0 Å². The summed E-state index contributed by atoms with van der Waals surface area (Å²) in [5.41, 5.74) is -0.741. The monoisotopic (exact) mass is 284 g/mol. The van der Waals surface area contributed by atoms with Gasteiger partial charge in [-0.1, -0.05) is 27.2 Å². The van der Waals surface area contributed by atoms with Crippen LogP contribution in [0.4, 0.5) is 0 Å². The van der Waals surface area contributed by atoms with Gasteiger partial charge in [-0.2, -0.15) is 0 Å². The number of carbonyl (C=O) groups excluding carboxylic acids is 2. The molecule has 1 aliphatic heterocycles. The zero-order valence-corrected chi connectivity index (χ0v) is 13.4. The molecule has 0 spiro atoms. The second-order valence-electron chi connectivity index (χ2n) is 5.59. The predicted octanol–water partition coefficient (Wildman–Crippen LogP) is 1.71. The van der Waals surface area contributed by atoms with Crippen LogP contribution in [-0.2, 0) is 14.3 Å². The first-order chi connectivity index (χ1) is 9.45. The molecule has 1 heterocycles. The molecule has 0 aromatic heterocycles. The van der Waals surface area contributed by atoms with Crippen LogP contribution in [0, 0.1) is 0 Å². The summed E-state index contributed by atoms with van der Waals surface area (Å²) in [6.45, 7) is 8.30. The van der Waals surface area contributed by atoms with Crippen LogP contribution in [0.25, 0.3) is 0 Å². The normalized spacial score (nSPS) is 23.6. The number of hydrogen-bond acceptors (Lipinski definition) is 3. The van der Waals surface area contributed by atoms with Gasteiger partial charge in [0.15, 0.2) is 0 Å². The first kappa shape index (κ1) is 17.0. The molecule has 0 aromatic carbocycles. The van der Waals surface area contributed by atoms with Crippen LogP contribution in [0.1, 0.15) is 53.4 Å². The molecule has 0 aromatic rings. The average Bonchev–Trinajstić information content (AvgIpc) is 2.46. The van der Waals surface area contributed by atoms with E-state index >= 15 is 0 Å². The Labute approximate surface area is 122 Å². The van der Waals surface area contributed by atoms with Gasteiger partial charge >= 0.3 is 0 Å². The van der Waals surface area contributed by atoms with E-state index in [0.29, 0.717) is 25.8 Å². The Bertz CT molecular complexity index is 353. The lowest BCUT2D eigenvalue weighted by atomic mass is 9.86. The van der Waals surface area contributed by atoms with E-state index in [-0.39, 0.29) is 24.0 Å². The molecule has 1 saturated heterocycles. The maximum Gasteiger partial charge on any atom is 0.249 e. The molecule has 0 aliphatic carbocycles. The molecule has 116 valence electrons. The van der Waals surface area contributed by atoms with Crippen molar-refractivity contribution in [1.82, 2.24) is 10.2 Å². The molecule has 2 amide bonds. The summed E-state index contributed by atoms with van der Waals surface area (Å²) in [6.07, 6.45) is 2.72. The summed E-state index contributed by atoms with van der Waals surface area (Å²) >= 11 is 0. The minimum atomic E-state index is -0.741. The molecule has 0 bridgehead atoms. The van der Waals surface area contributed by atoms with E-state index in [2.05, 4.69) is 5.32 Å². The molecule has 1 N–H and O–H groups in total. The number of ether oxygens (including phenoxy) is 1. The first-order valence-corrected chi connectivity index (χ1v) is 7.61. The third-order valence-corrected chi connectivity index (χ3v) is 4.34. The Morgan fingerprint density at radius 1 is 1.30 bits per heavy atom. The van der Waals surface area contributed by atoms with Crippen molar-refractivity contribution in [2.24, 2.45) is 0 Å². The SMILES string of the molecule is CCCC1C(=O)NC(CC)(CC)C(=O)N1CC(C)OC. The third-order valence-electron chi connectivity index (χ3n) is 4.34. The van der Waals surface area contributed by atoms with Crippen LogP contribution in [0.3, 0.4) is 0 Å².